The molecular weight excluding hydrogens is 452 g/mol. The van der Waals surface area contributed by atoms with Crippen molar-refractivity contribution in [1.29, 1.82) is 0 Å². The van der Waals surface area contributed by atoms with Crippen LogP contribution in [-0.2, 0) is 24.0 Å². The number of carboxylic acids is 1. The van der Waals surface area contributed by atoms with E-state index < -0.39 is 67.1 Å². The van der Waals surface area contributed by atoms with Crippen LogP contribution in [0.5, 0.6) is 0 Å². The van der Waals surface area contributed by atoms with E-state index in [1.54, 1.807) is 0 Å². The molecule has 1 aliphatic heterocycles. The summed E-state index contributed by atoms with van der Waals surface area (Å²) in [6, 6.07) is -5.63. The number of carboxylic acid groups (broad SMARTS) is 1. The third-order valence-corrected chi connectivity index (χ3v) is 5.32. The SMILES string of the molecule is C[C@H](NC(=O)[C@@H]1CCCN1)C(=O)N[C@@H](CO)C(=O)N[C@@H](CO)C(=O)N[C@@H](CCCCN)C(=O)O. The van der Waals surface area contributed by atoms with Crippen molar-refractivity contribution < 1.29 is 39.3 Å². The third-order valence-electron chi connectivity index (χ3n) is 5.32. The van der Waals surface area contributed by atoms with Crippen LogP contribution in [0.25, 0.3) is 0 Å². The summed E-state index contributed by atoms with van der Waals surface area (Å²) < 4.78 is 0. The van der Waals surface area contributed by atoms with Crippen molar-refractivity contribution in [1.82, 2.24) is 26.6 Å². The number of unbranched alkanes of at least 4 members (excludes halogenated alkanes) is 1. The topological polar surface area (TPSA) is 232 Å². The van der Waals surface area contributed by atoms with Crippen molar-refractivity contribution >= 4 is 29.6 Å². The Morgan fingerprint density at radius 3 is 1.94 bits per heavy atom. The van der Waals surface area contributed by atoms with E-state index in [-0.39, 0.29) is 12.3 Å². The van der Waals surface area contributed by atoms with Gasteiger partial charge >= 0.3 is 5.97 Å². The molecule has 1 fully saturated rings. The predicted molar refractivity (Wildman–Crippen MR) is 119 cm³/mol. The molecule has 0 aliphatic carbocycles. The summed E-state index contributed by atoms with van der Waals surface area (Å²) in [5, 5.41) is 40.5. The molecule has 0 bridgehead atoms. The van der Waals surface area contributed by atoms with Crippen LogP contribution in [-0.4, -0.2) is 101 Å². The van der Waals surface area contributed by atoms with Crippen LogP contribution in [0, 0.1) is 0 Å². The molecule has 0 aromatic carbocycles. The molecule has 14 nitrogen and oxygen atoms in total. The molecule has 4 amide bonds. The summed E-state index contributed by atoms with van der Waals surface area (Å²) in [7, 11) is 0. The number of rotatable bonds is 15. The van der Waals surface area contributed by atoms with Gasteiger partial charge in [0.05, 0.1) is 19.3 Å². The Bertz CT molecular complexity index is 715. The highest BCUT2D eigenvalue weighted by molar-refractivity contribution is 5.95. The number of nitrogens with two attached hydrogens (primary N) is 1. The summed E-state index contributed by atoms with van der Waals surface area (Å²) in [4.78, 5) is 60.7. The van der Waals surface area contributed by atoms with E-state index in [1.165, 1.54) is 6.92 Å². The maximum atomic E-state index is 12.5. The minimum Gasteiger partial charge on any atom is -0.480 e. The van der Waals surface area contributed by atoms with Crippen LogP contribution in [0.4, 0.5) is 0 Å². The number of aliphatic carboxylic acids is 1. The summed E-state index contributed by atoms with van der Waals surface area (Å²) in [5.74, 6) is -4.30. The molecule has 1 aliphatic rings. The van der Waals surface area contributed by atoms with E-state index in [0.717, 1.165) is 6.42 Å². The van der Waals surface area contributed by atoms with Crippen molar-refractivity contribution in [3.05, 3.63) is 0 Å². The Morgan fingerprint density at radius 2 is 1.47 bits per heavy atom. The molecule has 0 aromatic heterocycles. The summed E-state index contributed by atoms with van der Waals surface area (Å²) in [6.45, 7) is 0.809. The van der Waals surface area contributed by atoms with E-state index in [9.17, 15) is 39.3 Å². The molecule has 1 rings (SSSR count). The van der Waals surface area contributed by atoms with Crippen molar-refractivity contribution in [2.24, 2.45) is 5.73 Å². The van der Waals surface area contributed by atoms with Gasteiger partial charge in [0.1, 0.15) is 24.2 Å². The van der Waals surface area contributed by atoms with E-state index in [1.807, 2.05) is 0 Å². The van der Waals surface area contributed by atoms with Crippen molar-refractivity contribution in [3.63, 3.8) is 0 Å². The average molecular weight is 489 g/mol. The maximum absolute atomic E-state index is 12.5. The number of amides is 4. The maximum Gasteiger partial charge on any atom is 0.326 e. The number of aliphatic hydroxyl groups excluding tert-OH is 2. The monoisotopic (exact) mass is 488 g/mol. The molecule has 0 radical (unpaired) electrons. The van der Waals surface area contributed by atoms with Gasteiger partial charge in [-0.05, 0) is 52.1 Å². The van der Waals surface area contributed by atoms with Crippen molar-refractivity contribution in [2.45, 2.75) is 69.2 Å². The first-order chi connectivity index (χ1) is 16.1. The fourth-order valence-electron chi connectivity index (χ4n) is 3.27. The highest BCUT2D eigenvalue weighted by Crippen LogP contribution is 2.05. The van der Waals surface area contributed by atoms with E-state index in [4.69, 9.17) is 5.73 Å². The average Bonchev–Trinajstić information content (AvgIpc) is 3.34. The molecule has 0 unspecified atom stereocenters. The highest BCUT2D eigenvalue weighted by atomic mass is 16.4. The lowest BCUT2D eigenvalue weighted by atomic mass is 10.1. The zero-order valence-electron chi connectivity index (χ0n) is 19.2. The number of hydrogen-bond donors (Lipinski definition) is 9. The second kappa shape index (κ2) is 15.2. The molecule has 1 heterocycles. The number of aliphatic hydroxyl groups is 2. The van der Waals surface area contributed by atoms with Gasteiger partial charge in [-0.15, -0.1) is 0 Å². The Hall–Kier alpha value is -2.81. The van der Waals surface area contributed by atoms with Gasteiger partial charge < -0.3 is 47.6 Å². The zero-order valence-corrected chi connectivity index (χ0v) is 19.2. The Balaban J connectivity index is 2.64. The van der Waals surface area contributed by atoms with Crippen LogP contribution in [0.3, 0.4) is 0 Å². The molecule has 194 valence electrons. The number of nitrogens with one attached hydrogen (secondary N) is 5. The van der Waals surface area contributed by atoms with Crippen LogP contribution in [0.15, 0.2) is 0 Å². The van der Waals surface area contributed by atoms with Crippen molar-refractivity contribution in [3.8, 4) is 0 Å². The Morgan fingerprint density at radius 1 is 0.912 bits per heavy atom. The molecule has 5 atom stereocenters. The van der Waals surface area contributed by atoms with E-state index in [0.29, 0.717) is 32.4 Å². The van der Waals surface area contributed by atoms with Gasteiger partial charge in [-0.3, -0.25) is 19.2 Å². The van der Waals surface area contributed by atoms with Crippen LogP contribution >= 0.6 is 0 Å². The Kier molecular flexibility index (Phi) is 13.0. The van der Waals surface area contributed by atoms with Gasteiger partial charge in [-0.25, -0.2) is 4.79 Å². The number of hydrogen-bond acceptors (Lipinski definition) is 9. The minimum atomic E-state index is -1.51. The van der Waals surface area contributed by atoms with Gasteiger partial charge in [-0.2, -0.15) is 0 Å². The van der Waals surface area contributed by atoms with E-state index in [2.05, 4.69) is 26.6 Å². The summed E-state index contributed by atoms with van der Waals surface area (Å²) >= 11 is 0. The molecule has 14 heteroatoms. The third kappa shape index (κ3) is 9.59. The lowest BCUT2D eigenvalue weighted by Gasteiger charge is -2.24. The van der Waals surface area contributed by atoms with Gasteiger partial charge in [0.2, 0.25) is 23.6 Å². The quantitative estimate of drug-likeness (QED) is 0.101. The smallest absolute Gasteiger partial charge is 0.326 e. The van der Waals surface area contributed by atoms with Gasteiger partial charge in [0.15, 0.2) is 0 Å². The second-order valence-electron chi connectivity index (χ2n) is 8.05. The van der Waals surface area contributed by atoms with Crippen molar-refractivity contribution in [2.75, 3.05) is 26.3 Å². The number of carbonyl (C=O) groups excluding carboxylic acids is 4. The highest BCUT2D eigenvalue weighted by Gasteiger charge is 2.30. The van der Waals surface area contributed by atoms with Crippen LogP contribution < -0.4 is 32.3 Å². The largest absolute Gasteiger partial charge is 0.480 e. The zero-order chi connectivity index (χ0) is 25.7. The Labute approximate surface area is 197 Å². The van der Waals surface area contributed by atoms with Gasteiger partial charge in [0, 0.05) is 0 Å². The molecular formula is C20H36N6O8. The molecule has 1 saturated heterocycles. The predicted octanol–water partition coefficient (Wildman–Crippen LogP) is -4.10. The lowest BCUT2D eigenvalue weighted by Crippen LogP contribution is -2.59. The fraction of sp³-hybridized carbons (Fsp3) is 0.750. The van der Waals surface area contributed by atoms with E-state index >= 15 is 0 Å². The molecule has 0 spiro atoms. The summed E-state index contributed by atoms with van der Waals surface area (Å²) in [5.41, 5.74) is 5.37. The second-order valence-corrected chi connectivity index (χ2v) is 8.05. The first-order valence-corrected chi connectivity index (χ1v) is 11.2. The molecule has 10 N–H and O–H groups in total. The molecule has 34 heavy (non-hydrogen) atoms. The summed E-state index contributed by atoms with van der Waals surface area (Å²) in [6.07, 6.45) is 2.61. The van der Waals surface area contributed by atoms with Crippen LogP contribution in [0.1, 0.15) is 39.0 Å². The molecule has 0 saturated carbocycles. The van der Waals surface area contributed by atoms with Crippen LogP contribution in [0.2, 0.25) is 0 Å². The first kappa shape index (κ1) is 29.2. The van der Waals surface area contributed by atoms with Gasteiger partial charge in [-0.1, -0.05) is 0 Å². The minimum absolute atomic E-state index is 0.111. The standard InChI is InChI=1S/C20H36N6O8/c1-11(23-17(30)12-6-4-8-22-12)16(29)25-14(9-27)19(32)26-15(10-28)18(31)24-13(20(33)34)5-2-3-7-21/h11-15,22,27-28H,2-10,21H2,1H3,(H,23,30)(H,24,31)(H,25,29)(H,26,32)(H,33,34)/t11-,12-,13-,14-,15-/m0/s1. The lowest BCUT2D eigenvalue weighted by molar-refractivity contribution is -0.142. The van der Waals surface area contributed by atoms with Gasteiger partial charge in [0.25, 0.3) is 0 Å². The normalized spacial score (nSPS) is 18.8. The fourth-order valence-corrected chi connectivity index (χ4v) is 3.27. The molecule has 0 aromatic rings. The number of carbonyl (C=O) groups is 5. The first-order valence-electron chi connectivity index (χ1n) is 11.2.